The number of rotatable bonds is 5. The van der Waals surface area contributed by atoms with Gasteiger partial charge in [-0.15, -0.1) is 0 Å². The lowest BCUT2D eigenvalue weighted by atomic mass is 9.77. The molecule has 0 bridgehead atoms. The van der Waals surface area contributed by atoms with Crippen molar-refractivity contribution in [2.45, 2.75) is 25.4 Å². The summed E-state index contributed by atoms with van der Waals surface area (Å²) in [5.74, 6) is -0.449. The van der Waals surface area contributed by atoms with Crippen molar-refractivity contribution in [2.75, 3.05) is 27.2 Å². The summed E-state index contributed by atoms with van der Waals surface area (Å²) in [7, 11) is 2.50. The first-order valence-corrected chi connectivity index (χ1v) is 7.00. The van der Waals surface area contributed by atoms with Gasteiger partial charge in [-0.25, -0.2) is 4.39 Å². The summed E-state index contributed by atoms with van der Waals surface area (Å²) in [6, 6.07) is 4.72. The topological polar surface area (TPSA) is 46.9 Å². The fourth-order valence-electron chi connectivity index (χ4n) is 2.88. The third-order valence-corrected chi connectivity index (χ3v) is 4.02. The molecule has 1 aliphatic heterocycles. The van der Waals surface area contributed by atoms with Crippen molar-refractivity contribution in [3.63, 3.8) is 0 Å². The Morgan fingerprint density at radius 2 is 2.20 bits per heavy atom. The standard InChI is InChI=1S/C14H22BFN2O2/c1-17(10-13-4-3-7-18(13)2)9-11-5-6-12(16)8-14(11)15(19)20/h5-6,8,13,19-20H,3-4,7,9-10H2,1-2H3. The van der Waals surface area contributed by atoms with Crippen molar-refractivity contribution < 1.29 is 14.4 Å². The summed E-state index contributed by atoms with van der Waals surface area (Å²) in [5, 5.41) is 18.7. The van der Waals surface area contributed by atoms with Gasteiger partial charge < -0.3 is 19.8 Å². The van der Waals surface area contributed by atoms with Crippen LogP contribution >= 0.6 is 0 Å². The van der Waals surface area contributed by atoms with Crippen molar-refractivity contribution in [3.05, 3.63) is 29.6 Å². The van der Waals surface area contributed by atoms with E-state index in [1.807, 2.05) is 7.05 Å². The number of benzene rings is 1. The van der Waals surface area contributed by atoms with Crippen LogP contribution in [0.3, 0.4) is 0 Å². The largest absolute Gasteiger partial charge is 0.488 e. The van der Waals surface area contributed by atoms with Gasteiger partial charge in [-0.05, 0) is 56.6 Å². The van der Waals surface area contributed by atoms with E-state index in [4.69, 9.17) is 0 Å². The summed E-state index contributed by atoms with van der Waals surface area (Å²) in [4.78, 5) is 4.49. The van der Waals surface area contributed by atoms with Gasteiger partial charge in [0.1, 0.15) is 5.82 Å². The summed E-state index contributed by atoms with van der Waals surface area (Å²) in [5.41, 5.74) is 1.00. The van der Waals surface area contributed by atoms with Crippen LogP contribution in [0.1, 0.15) is 18.4 Å². The van der Waals surface area contributed by atoms with E-state index in [9.17, 15) is 14.4 Å². The molecule has 0 aliphatic carbocycles. The number of hydrogen-bond acceptors (Lipinski definition) is 4. The molecule has 0 aromatic heterocycles. The summed E-state index contributed by atoms with van der Waals surface area (Å²) in [6.07, 6.45) is 2.42. The second-order valence-electron chi connectivity index (χ2n) is 5.69. The first-order valence-electron chi connectivity index (χ1n) is 7.00. The Morgan fingerprint density at radius 3 is 2.80 bits per heavy atom. The molecule has 0 amide bonds. The number of likely N-dealkylation sites (tertiary alicyclic amines) is 1. The molecule has 4 nitrogen and oxygen atoms in total. The highest BCUT2D eigenvalue weighted by atomic mass is 19.1. The maximum absolute atomic E-state index is 13.2. The van der Waals surface area contributed by atoms with E-state index in [-0.39, 0.29) is 5.46 Å². The zero-order valence-corrected chi connectivity index (χ0v) is 12.1. The molecule has 0 saturated carbocycles. The Bertz CT molecular complexity index is 459. The van der Waals surface area contributed by atoms with Gasteiger partial charge in [-0.2, -0.15) is 0 Å². The van der Waals surface area contributed by atoms with Gasteiger partial charge in [-0.1, -0.05) is 6.07 Å². The molecule has 1 aromatic carbocycles. The highest BCUT2D eigenvalue weighted by molar-refractivity contribution is 6.59. The minimum absolute atomic E-state index is 0.247. The van der Waals surface area contributed by atoms with E-state index in [0.717, 1.165) is 18.7 Å². The maximum atomic E-state index is 13.2. The molecule has 1 heterocycles. The van der Waals surface area contributed by atoms with Crippen LogP contribution in [0.4, 0.5) is 4.39 Å². The minimum atomic E-state index is -1.64. The molecule has 6 heteroatoms. The highest BCUT2D eigenvalue weighted by Crippen LogP contribution is 2.16. The second kappa shape index (κ2) is 6.67. The van der Waals surface area contributed by atoms with E-state index >= 15 is 0 Å². The maximum Gasteiger partial charge on any atom is 0.488 e. The first kappa shape index (κ1) is 15.4. The molecule has 0 spiro atoms. The first-order chi connectivity index (χ1) is 9.47. The number of hydrogen-bond donors (Lipinski definition) is 2. The molecule has 2 rings (SSSR count). The van der Waals surface area contributed by atoms with E-state index in [0.29, 0.717) is 12.6 Å². The summed E-state index contributed by atoms with van der Waals surface area (Å²) in [6.45, 7) is 2.64. The van der Waals surface area contributed by atoms with Gasteiger partial charge >= 0.3 is 7.12 Å². The second-order valence-corrected chi connectivity index (χ2v) is 5.69. The van der Waals surface area contributed by atoms with Crippen molar-refractivity contribution in [1.82, 2.24) is 9.80 Å². The monoisotopic (exact) mass is 280 g/mol. The van der Waals surface area contributed by atoms with E-state index in [2.05, 4.69) is 16.8 Å². The average Bonchev–Trinajstić information content (AvgIpc) is 2.77. The number of halogens is 1. The van der Waals surface area contributed by atoms with Crippen molar-refractivity contribution in [1.29, 1.82) is 0 Å². The quantitative estimate of drug-likeness (QED) is 0.747. The van der Waals surface area contributed by atoms with Gasteiger partial charge in [-0.3, -0.25) is 0 Å². The van der Waals surface area contributed by atoms with Crippen LogP contribution in [0.5, 0.6) is 0 Å². The molecule has 1 aliphatic rings. The zero-order chi connectivity index (χ0) is 14.7. The Balaban J connectivity index is 2.02. The van der Waals surface area contributed by atoms with Crippen LogP contribution in [0.2, 0.25) is 0 Å². The van der Waals surface area contributed by atoms with Crippen LogP contribution < -0.4 is 5.46 Å². The number of nitrogens with zero attached hydrogens (tertiary/aromatic N) is 2. The van der Waals surface area contributed by atoms with Crippen molar-refractivity contribution in [2.24, 2.45) is 0 Å². The molecule has 20 heavy (non-hydrogen) atoms. The third-order valence-electron chi connectivity index (χ3n) is 4.02. The predicted octanol–water partition coefficient (Wildman–Crippen LogP) is 0.0315. The molecule has 1 atom stereocenters. The zero-order valence-electron chi connectivity index (χ0n) is 12.1. The fourth-order valence-corrected chi connectivity index (χ4v) is 2.88. The number of likely N-dealkylation sites (N-methyl/N-ethyl adjacent to an activating group) is 2. The van der Waals surface area contributed by atoms with Crippen molar-refractivity contribution in [3.8, 4) is 0 Å². The van der Waals surface area contributed by atoms with Crippen LogP contribution in [0.15, 0.2) is 18.2 Å². The SMILES string of the molecule is CN(Cc1ccc(F)cc1B(O)O)CC1CCCN1C. The van der Waals surface area contributed by atoms with Gasteiger partial charge in [0.05, 0.1) is 0 Å². The molecule has 1 aromatic rings. The normalized spacial score (nSPS) is 19.8. The van der Waals surface area contributed by atoms with Crippen molar-refractivity contribution >= 4 is 12.6 Å². The highest BCUT2D eigenvalue weighted by Gasteiger charge is 2.23. The molecule has 2 N–H and O–H groups in total. The van der Waals surface area contributed by atoms with Crippen LogP contribution in [0, 0.1) is 5.82 Å². The Hall–Kier alpha value is -0.945. The average molecular weight is 280 g/mol. The minimum Gasteiger partial charge on any atom is -0.423 e. The Kier molecular flexibility index (Phi) is 5.15. The Labute approximate surface area is 120 Å². The van der Waals surface area contributed by atoms with E-state index < -0.39 is 12.9 Å². The van der Waals surface area contributed by atoms with Crippen LogP contribution in [-0.4, -0.2) is 60.2 Å². The molecular weight excluding hydrogens is 258 g/mol. The predicted molar refractivity (Wildman–Crippen MR) is 78.2 cm³/mol. The van der Waals surface area contributed by atoms with Gasteiger partial charge in [0.25, 0.3) is 0 Å². The molecule has 1 unspecified atom stereocenters. The molecule has 0 radical (unpaired) electrons. The molecular formula is C14H22BFN2O2. The lowest BCUT2D eigenvalue weighted by Gasteiger charge is -2.26. The fraction of sp³-hybridized carbons (Fsp3) is 0.571. The van der Waals surface area contributed by atoms with Gasteiger partial charge in [0.15, 0.2) is 0 Å². The summed E-state index contributed by atoms with van der Waals surface area (Å²) >= 11 is 0. The molecule has 1 saturated heterocycles. The lowest BCUT2D eigenvalue weighted by Crippen LogP contribution is -2.39. The third kappa shape index (κ3) is 3.79. The van der Waals surface area contributed by atoms with E-state index in [1.54, 1.807) is 6.07 Å². The summed E-state index contributed by atoms with van der Waals surface area (Å²) < 4.78 is 13.2. The van der Waals surface area contributed by atoms with Crippen LogP contribution in [0.25, 0.3) is 0 Å². The smallest absolute Gasteiger partial charge is 0.423 e. The van der Waals surface area contributed by atoms with Crippen LogP contribution in [-0.2, 0) is 6.54 Å². The van der Waals surface area contributed by atoms with Gasteiger partial charge in [0.2, 0.25) is 0 Å². The molecule has 110 valence electrons. The van der Waals surface area contributed by atoms with E-state index in [1.165, 1.54) is 25.0 Å². The van der Waals surface area contributed by atoms with Gasteiger partial charge in [0, 0.05) is 19.1 Å². The Morgan fingerprint density at radius 1 is 1.45 bits per heavy atom. The molecule has 1 fully saturated rings. The lowest BCUT2D eigenvalue weighted by molar-refractivity contribution is 0.215.